The molecule has 1 saturated heterocycles. The molecule has 0 saturated carbocycles. The van der Waals surface area contributed by atoms with Crippen molar-refractivity contribution in [1.29, 1.82) is 0 Å². The highest BCUT2D eigenvalue weighted by Gasteiger charge is 2.23. The highest BCUT2D eigenvalue weighted by Crippen LogP contribution is 2.26. The lowest BCUT2D eigenvalue weighted by Crippen LogP contribution is -2.48. The number of carbonyl (C=O) groups excluding carboxylic acids is 1. The Morgan fingerprint density at radius 3 is 2.60 bits per heavy atom. The van der Waals surface area contributed by atoms with Gasteiger partial charge in [-0.1, -0.05) is 18.2 Å². The molecular weight excluding hydrogens is 376 g/mol. The fraction of sp³-hybridized carbons (Fsp3) is 0.294. The summed E-state index contributed by atoms with van der Waals surface area (Å²) in [6.45, 7) is 4.16. The molecule has 2 N–H and O–H groups in total. The number of amides is 1. The zero-order valence-electron chi connectivity index (χ0n) is 13.6. The molecule has 1 fully saturated rings. The van der Waals surface area contributed by atoms with E-state index in [0.29, 0.717) is 5.13 Å². The zero-order chi connectivity index (χ0) is 16.5. The summed E-state index contributed by atoms with van der Waals surface area (Å²) in [4.78, 5) is 23.1. The monoisotopic (exact) mass is 394 g/mol. The van der Waals surface area contributed by atoms with Crippen molar-refractivity contribution in [3.63, 3.8) is 0 Å². The van der Waals surface area contributed by atoms with Crippen LogP contribution in [0.4, 0.5) is 5.13 Å². The number of anilines is 1. The van der Waals surface area contributed by atoms with Gasteiger partial charge in [0.2, 0.25) is 0 Å². The van der Waals surface area contributed by atoms with Gasteiger partial charge >= 0.3 is 0 Å². The minimum Gasteiger partial charge on any atom is -0.375 e. The number of nitrogen functional groups attached to an aromatic ring is 1. The lowest BCUT2D eigenvalue weighted by Gasteiger charge is -2.34. The molecule has 25 heavy (non-hydrogen) atoms. The van der Waals surface area contributed by atoms with E-state index >= 15 is 0 Å². The van der Waals surface area contributed by atoms with Crippen LogP contribution in [0.3, 0.4) is 0 Å². The third-order valence-electron chi connectivity index (χ3n) is 4.25. The van der Waals surface area contributed by atoms with Crippen molar-refractivity contribution < 1.29 is 4.79 Å². The molecule has 0 atom stereocenters. The van der Waals surface area contributed by atoms with Crippen molar-refractivity contribution in [2.75, 3.05) is 31.9 Å². The van der Waals surface area contributed by atoms with Gasteiger partial charge in [-0.05, 0) is 17.5 Å². The molecule has 5 nitrogen and oxygen atoms in total. The van der Waals surface area contributed by atoms with Crippen LogP contribution in [0.25, 0.3) is 10.1 Å². The molecular formula is C17H19ClN4OS2. The average Bonchev–Trinajstić information content (AvgIpc) is 3.21. The SMILES string of the molecule is Cl.Nc1ncc(CN2CCN(C(=O)c3cc4ccccc4s3)CC2)s1. The number of aromatic nitrogens is 1. The summed E-state index contributed by atoms with van der Waals surface area (Å²) in [7, 11) is 0. The number of rotatable bonds is 3. The van der Waals surface area contributed by atoms with E-state index in [1.807, 2.05) is 29.3 Å². The number of carbonyl (C=O) groups is 1. The normalized spacial score (nSPS) is 15.3. The third-order valence-corrected chi connectivity index (χ3v) is 6.16. The van der Waals surface area contributed by atoms with E-state index in [1.165, 1.54) is 20.9 Å². The second kappa shape index (κ2) is 7.70. The summed E-state index contributed by atoms with van der Waals surface area (Å²) >= 11 is 3.11. The lowest BCUT2D eigenvalue weighted by molar-refractivity contribution is 0.0634. The van der Waals surface area contributed by atoms with Gasteiger partial charge in [0.05, 0.1) is 4.88 Å². The van der Waals surface area contributed by atoms with Crippen molar-refractivity contribution in [2.45, 2.75) is 6.54 Å². The minimum absolute atomic E-state index is 0. The number of fused-ring (bicyclic) bond motifs is 1. The van der Waals surface area contributed by atoms with Crippen LogP contribution in [0.2, 0.25) is 0 Å². The first-order valence-corrected chi connectivity index (χ1v) is 9.53. The predicted octanol–water partition coefficient (Wildman–Crippen LogP) is 3.32. The van der Waals surface area contributed by atoms with Crippen LogP contribution in [0.1, 0.15) is 14.5 Å². The molecule has 3 heterocycles. The molecule has 0 aliphatic carbocycles. The van der Waals surface area contributed by atoms with Crippen molar-refractivity contribution in [3.05, 3.63) is 46.3 Å². The smallest absolute Gasteiger partial charge is 0.264 e. The van der Waals surface area contributed by atoms with Gasteiger partial charge in [0.15, 0.2) is 5.13 Å². The third kappa shape index (κ3) is 3.95. The minimum atomic E-state index is 0. The van der Waals surface area contributed by atoms with Gasteiger partial charge in [0.25, 0.3) is 5.91 Å². The first-order valence-electron chi connectivity index (χ1n) is 7.89. The van der Waals surface area contributed by atoms with Gasteiger partial charge in [-0.25, -0.2) is 4.98 Å². The summed E-state index contributed by atoms with van der Waals surface area (Å²) in [5, 5.41) is 1.76. The Morgan fingerprint density at radius 2 is 1.92 bits per heavy atom. The molecule has 2 aromatic heterocycles. The molecule has 8 heteroatoms. The van der Waals surface area contributed by atoms with Crippen LogP contribution in [0, 0.1) is 0 Å². The number of thiophene rings is 1. The van der Waals surface area contributed by atoms with Gasteiger partial charge in [-0.3, -0.25) is 9.69 Å². The van der Waals surface area contributed by atoms with E-state index in [1.54, 1.807) is 11.3 Å². The first kappa shape index (κ1) is 18.1. The topological polar surface area (TPSA) is 62.5 Å². The molecule has 1 amide bonds. The average molecular weight is 395 g/mol. The van der Waals surface area contributed by atoms with Crippen LogP contribution in [-0.4, -0.2) is 46.9 Å². The standard InChI is InChI=1S/C17H18N4OS2.ClH/c18-17-19-10-13(23-17)11-20-5-7-21(8-6-20)16(22)15-9-12-3-1-2-4-14(12)24-15;/h1-4,9-10H,5-8,11H2,(H2,18,19);1H. The van der Waals surface area contributed by atoms with E-state index in [-0.39, 0.29) is 18.3 Å². The van der Waals surface area contributed by atoms with Gasteiger partial charge < -0.3 is 10.6 Å². The number of benzene rings is 1. The van der Waals surface area contributed by atoms with Crippen molar-refractivity contribution in [2.24, 2.45) is 0 Å². The number of thiazole rings is 1. The number of hydrogen-bond acceptors (Lipinski definition) is 6. The highest BCUT2D eigenvalue weighted by molar-refractivity contribution is 7.20. The van der Waals surface area contributed by atoms with E-state index in [9.17, 15) is 4.79 Å². The first-order chi connectivity index (χ1) is 11.7. The van der Waals surface area contributed by atoms with E-state index in [2.05, 4.69) is 22.0 Å². The lowest BCUT2D eigenvalue weighted by atomic mass is 10.2. The Labute approximate surface area is 160 Å². The van der Waals surface area contributed by atoms with Crippen LogP contribution in [0.15, 0.2) is 36.5 Å². The summed E-state index contributed by atoms with van der Waals surface area (Å²) in [6, 6.07) is 10.2. The van der Waals surface area contributed by atoms with E-state index < -0.39 is 0 Å². The van der Waals surface area contributed by atoms with Crippen LogP contribution < -0.4 is 5.73 Å². The van der Waals surface area contributed by atoms with Gasteiger partial charge in [-0.2, -0.15) is 0 Å². The van der Waals surface area contributed by atoms with Gasteiger partial charge in [-0.15, -0.1) is 35.1 Å². The Bertz CT molecular complexity index is 837. The molecule has 0 spiro atoms. The fourth-order valence-corrected chi connectivity index (χ4v) is 4.73. The fourth-order valence-electron chi connectivity index (χ4n) is 2.97. The van der Waals surface area contributed by atoms with Crippen LogP contribution in [0.5, 0.6) is 0 Å². The molecule has 0 bridgehead atoms. The maximum atomic E-state index is 12.7. The molecule has 0 unspecified atom stereocenters. The number of nitrogens with zero attached hydrogens (tertiary/aromatic N) is 3. The maximum Gasteiger partial charge on any atom is 0.264 e. The summed E-state index contributed by atoms with van der Waals surface area (Å²) in [5.41, 5.74) is 5.68. The number of hydrogen-bond donors (Lipinski definition) is 1. The predicted molar refractivity (Wildman–Crippen MR) is 107 cm³/mol. The quantitative estimate of drug-likeness (QED) is 0.740. The molecule has 4 rings (SSSR count). The molecule has 0 radical (unpaired) electrons. The van der Waals surface area contributed by atoms with Crippen molar-refractivity contribution in [3.8, 4) is 0 Å². The van der Waals surface area contributed by atoms with Gasteiger partial charge in [0.1, 0.15) is 0 Å². The summed E-state index contributed by atoms with van der Waals surface area (Å²) < 4.78 is 1.17. The molecule has 1 aromatic carbocycles. The van der Waals surface area contributed by atoms with Gasteiger partial charge in [0, 0.05) is 48.5 Å². The number of nitrogens with two attached hydrogens (primary N) is 1. The van der Waals surface area contributed by atoms with Crippen molar-refractivity contribution >= 4 is 56.2 Å². The Kier molecular flexibility index (Phi) is 5.58. The summed E-state index contributed by atoms with van der Waals surface area (Å²) in [5.74, 6) is 0.151. The Morgan fingerprint density at radius 1 is 1.16 bits per heavy atom. The van der Waals surface area contributed by atoms with E-state index in [4.69, 9.17) is 5.73 Å². The zero-order valence-corrected chi connectivity index (χ0v) is 16.0. The maximum absolute atomic E-state index is 12.7. The number of halogens is 1. The second-order valence-electron chi connectivity index (χ2n) is 5.88. The highest BCUT2D eigenvalue weighted by atomic mass is 35.5. The molecule has 1 aliphatic heterocycles. The van der Waals surface area contributed by atoms with Crippen LogP contribution in [-0.2, 0) is 6.54 Å². The number of piperazine rings is 1. The second-order valence-corrected chi connectivity index (χ2v) is 8.11. The van der Waals surface area contributed by atoms with E-state index in [0.717, 1.165) is 43.0 Å². The Hall–Kier alpha value is -1.67. The van der Waals surface area contributed by atoms with Crippen molar-refractivity contribution in [1.82, 2.24) is 14.8 Å². The molecule has 3 aromatic rings. The summed E-state index contributed by atoms with van der Waals surface area (Å²) in [6.07, 6.45) is 1.84. The molecule has 132 valence electrons. The largest absolute Gasteiger partial charge is 0.375 e. The molecule has 1 aliphatic rings. The Balaban J connectivity index is 0.00000182. The van der Waals surface area contributed by atoms with Crippen LogP contribution >= 0.6 is 35.1 Å².